The van der Waals surface area contributed by atoms with E-state index in [1.165, 1.54) is 5.56 Å². The average Bonchev–Trinajstić information content (AvgIpc) is 2.15. The van der Waals surface area contributed by atoms with Crippen LogP contribution in [0, 0.1) is 6.92 Å². The number of hydrogen-bond acceptors (Lipinski definition) is 2. The molecule has 1 unspecified atom stereocenters. The summed E-state index contributed by atoms with van der Waals surface area (Å²) in [4.78, 5) is 2.12. The maximum absolute atomic E-state index is 4.04. The van der Waals surface area contributed by atoms with Crippen molar-refractivity contribution in [3.63, 3.8) is 0 Å². The van der Waals surface area contributed by atoms with Crippen LogP contribution in [-0.2, 0) is 5.75 Å². The third-order valence-electron chi connectivity index (χ3n) is 1.86. The highest BCUT2D eigenvalue weighted by Crippen LogP contribution is 2.17. The predicted molar refractivity (Wildman–Crippen MR) is 60.6 cm³/mol. The minimum Gasteiger partial charge on any atom is -0.298 e. The van der Waals surface area contributed by atoms with E-state index in [9.17, 15) is 0 Å². The fraction of sp³-hybridized carbons (Fsp3) is 0.364. The van der Waals surface area contributed by atoms with Crippen LogP contribution in [0.25, 0.3) is 0 Å². The van der Waals surface area contributed by atoms with Crippen LogP contribution in [0.4, 0.5) is 0 Å². The van der Waals surface area contributed by atoms with E-state index in [1.807, 2.05) is 17.8 Å². The lowest BCUT2D eigenvalue weighted by Crippen LogP contribution is -2.21. The Morgan fingerprint density at radius 1 is 1.31 bits per heavy atom. The lowest BCUT2D eigenvalue weighted by molar-refractivity contribution is 0.425. The fourth-order valence-electron chi connectivity index (χ4n) is 0.916. The second-order valence-electron chi connectivity index (χ2n) is 3.21. The monoisotopic (exact) mass is 194 g/mol. The van der Waals surface area contributed by atoms with Gasteiger partial charge in [-0.05, 0) is 26.6 Å². The first-order valence-electron chi connectivity index (χ1n) is 4.35. The molecule has 0 heterocycles. The third-order valence-corrected chi connectivity index (χ3v) is 3.17. The van der Waals surface area contributed by atoms with Gasteiger partial charge in [-0.15, -0.1) is 11.8 Å². The third kappa shape index (κ3) is 3.83. The summed E-state index contributed by atoms with van der Waals surface area (Å²) in [6.07, 6.45) is 0. The lowest BCUT2D eigenvalue weighted by Gasteiger charge is -2.18. The molecule has 0 bridgehead atoms. The van der Waals surface area contributed by atoms with Crippen LogP contribution in [0.1, 0.15) is 5.56 Å². The van der Waals surface area contributed by atoms with E-state index >= 15 is 0 Å². The van der Waals surface area contributed by atoms with Crippen molar-refractivity contribution in [1.82, 2.24) is 4.90 Å². The van der Waals surface area contributed by atoms with Gasteiger partial charge in [0.1, 0.15) is 0 Å². The first kappa shape index (κ1) is 10.6. The molecule has 0 aromatic heterocycles. The minimum atomic E-state index is 0.334. The second-order valence-corrected chi connectivity index (χ2v) is 4.38. The molecule has 0 aliphatic rings. The van der Waals surface area contributed by atoms with E-state index in [0.717, 1.165) is 5.75 Å². The number of rotatable bonds is 4. The van der Waals surface area contributed by atoms with Crippen LogP contribution in [0.3, 0.4) is 0 Å². The largest absolute Gasteiger partial charge is 0.298 e. The Labute approximate surface area is 85.1 Å². The molecule has 0 spiro atoms. The van der Waals surface area contributed by atoms with Crippen molar-refractivity contribution in [3.8, 4) is 0 Å². The number of thioether (sulfide) groups is 1. The number of hydrogen-bond donors (Lipinski definition) is 0. The molecular formula is C11H16NS. The van der Waals surface area contributed by atoms with Crippen molar-refractivity contribution in [2.45, 2.75) is 11.1 Å². The summed E-state index contributed by atoms with van der Waals surface area (Å²) in [5.41, 5.74) is 1.36. The zero-order valence-electron chi connectivity index (χ0n) is 8.23. The fourth-order valence-corrected chi connectivity index (χ4v) is 1.79. The first-order chi connectivity index (χ1) is 6.20. The van der Waals surface area contributed by atoms with Crippen molar-refractivity contribution < 1.29 is 0 Å². The molecule has 0 fully saturated rings. The van der Waals surface area contributed by atoms with Gasteiger partial charge in [0, 0.05) is 5.75 Å². The van der Waals surface area contributed by atoms with Crippen molar-refractivity contribution in [3.05, 3.63) is 42.8 Å². The molecule has 2 heteroatoms. The summed E-state index contributed by atoms with van der Waals surface area (Å²) in [6.45, 7) is 4.04. The molecule has 1 aromatic carbocycles. The molecule has 0 N–H and O–H groups in total. The van der Waals surface area contributed by atoms with Crippen LogP contribution in [0.2, 0.25) is 0 Å². The Kier molecular flexibility index (Phi) is 4.33. The normalized spacial score (nSPS) is 13.2. The predicted octanol–water partition coefficient (Wildman–Crippen LogP) is 2.64. The van der Waals surface area contributed by atoms with Crippen molar-refractivity contribution in [2.75, 3.05) is 14.1 Å². The Morgan fingerprint density at radius 3 is 2.46 bits per heavy atom. The summed E-state index contributed by atoms with van der Waals surface area (Å²) in [6, 6.07) is 10.5. The van der Waals surface area contributed by atoms with Gasteiger partial charge < -0.3 is 0 Å². The molecule has 1 aromatic rings. The van der Waals surface area contributed by atoms with E-state index in [1.54, 1.807) is 0 Å². The minimum absolute atomic E-state index is 0.334. The van der Waals surface area contributed by atoms with Gasteiger partial charge in [0.05, 0.1) is 5.37 Å². The highest BCUT2D eigenvalue weighted by Gasteiger charge is 2.04. The van der Waals surface area contributed by atoms with Crippen molar-refractivity contribution in [1.29, 1.82) is 0 Å². The van der Waals surface area contributed by atoms with Crippen LogP contribution in [0.5, 0.6) is 0 Å². The maximum atomic E-state index is 4.04. The van der Waals surface area contributed by atoms with Crippen molar-refractivity contribution >= 4 is 11.8 Å². The van der Waals surface area contributed by atoms with E-state index < -0.39 is 0 Å². The van der Waals surface area contributed by atoms with Gasteiger partial charge >= 0.3 is 0 Å². The molecule has 0 aliphatic heterocycles. The van der Waals surface area contributed by atoms with Gasteiger partial charge in [0.25, 0.3) is 0 Å². The SMILES string of the molecule is [CH2]C(SCc1ccccc1)N(C)C. The standard InChI is InChI=1S/C11H16NS/c1-10(12(2)3)13-9-11-7-5-4-6-8-11/h4-8,10H,1,9H2,2-3H3. The van der Waals surface area contributed by atoms with Gasteiger partial charge in [-0.1, -0.05) is 30.3 Å². The topological polar surface area (TPSA) is 3.24 Å². The summed E-state index contributed by atoms with van der Waals surface area (Å²) in [5.74, 6) is 1.03. The molecule has 13 heavy (non-hydrogen) atoms. The number of nitrogens with zero attached hydrogens (tertiary/aromatic N) is 1. The zero-order chi connectivity index (χ0) is 9.68. The summed E-state index contributed by atoms with van der Waals surface area (Å²) in [5, 5.41) is 0.334. The smallest absolute Gasteiger partial charge is 0.0556 e. The Hall–Kier alpha value is -0.470. The van der Waals surface area contributed by atoms with Gasteiger partial charge in [0.15, 0.2) is 0 Å². The lowest BCUT2D eigenvalue weighted by atomic mass is 10.2. The van der Waals surface area contributed by atoms with E-state index in [-0.39, 0.29) is 0 Å². The molecular weight excluding hydrogens is 178 g/mol. The highest BCUT2D eigenvalue weighted by molar-refractivity contribution is 7.99. The van der Waals surface area contributed by atoms with Gasteiger partial charge in [0.2, 0.25) is 0 Å². The summed E-state index contributed by atoms with van der Waals surface area (Å²) >= 11 is 1.85. The summed E-state index contributed by atoms with van der Waals surface area (Å²) in [7, 11) is 4.10. The molecule has 1 nitrogen and oxygen atoms in total. The Morgan fingerprint density at radius 2 is 1.92 bits per heavy atom. The Balaban J connectivity index is 2.35. The zero-order valence-corrected chi connectivity index (χ0v) is 9.05. The van der Waals surface area contributed by atoms with Crippen LogP contribution >= 0.6 is 11.8 Å². The number of benzene rings is 1. The van der Waals surface area contributed by atoms with E-state index in [0.29, 0.717) is 5.37 Å². The molecule has 0 amide bonds. The second kappa shape index (κ2) is 5.30. The van der Waals surface area contributed by atoms with Crippen molar-refractivity contribution in [2.24, 2.45) is 0 Å². The molecule has 1 radical (unpaired) electrons. The van der Waals surface area contributed by atoms with Crippen LogP contribution in [-0.4, -0.2) is 24.4 Å². The van der Waals surface area contributed by atoms with Crippen LogP contribution < -0.4 is 0 Å². The molecule has 1 atom stereocenters. The average molecular weight is 194 g/mol. The van der Waals surface area contributed by atoms with Gasteiger partial charge in [-0.3, -0.25) is 4.90 Å². The molecule has 1 rings (SSSR count). The van der Waals surface area contributed by atoms with Gasteiger partial charge in [-0.25, -0.2) is 0 Å². The molecule has 0 saturated carbocycles. The molecule has 71 valence electrons. The quantitative estimate of drug-likeness (QED) is 0.678. The first-order valence-corrected chi connectivity index (χ1v) is 5.40. The van der Waals surface area contributed by atoms with E-state index in [4.69, 9.17) is 0 Å². The Bertz CT molecular complexity index is 233. The summed E-state index contributed by atoms with van der Waals surface area (Å²) < 4.78 is 0. The molecule has 0 saturated heterocycles. The highest BCUT2D eigenvalue weighted by atomic mass is 32.2. The van der Waals surface area contributed by atoms with Crippen LogP contribution in [0.15, 0.2) is 30.3 Å². The van der Waals surface area contributed by atoms with Gasteiger partial charge in [-0.2, -0.15) is 0 Å². The van der Waals surface area contributed by atoms with E-state index in [2.05, 4.69) is 50.2 Å². The maximum Gasteiger partial charge on any atom is 0.0556 e. The molecule has 0 aliphatic carbocycles.